The molecule has 0 aromatic carbocycles. The predicted molar refractivity (Wildman–Crippen MR) is 67.5 cm³/mol. The second kappa shape index (κ2) is 4.81. The monoisotopic (exact) mass is 258 g/mol. The summed E-state index contributed by atoms with van der Waals surface area (Å²) in [6, 6.07) is 3.39. The molecule has 3 rings (SSSR count). The minimum atomic E-state index is -0.825. The molecule has 0 amide bonds. The Kier molecular flexibility index (Phi) is 3.00. The molecule has 1 aliphatic rings. The highest BCUT2D eigenvalue weighted by atomic mass is 16.4. The third kappa shape index (κ3) is 2.34. The summed E-state index contributed by atoms with van der Waals surface area (Å²) in [5.74, 6) is -0.825. The molecule has 19 heavy (non-hydrogen) atoms. The van der Waals surface area contributed by atoms with Gasteiger partial charge < -0.3 is 9.67 Å². The number of fused-ring (bicyclic) bond motifs is 1. The zero-order chi connectivity index (χ0) is 13.2. The number of carboxylic acids is 1. The molecule has 0 saturated carbocycles. The first-order valence-electron chi connectivity index (χ1n) is 6.12. The van der Waals surface area contributed by atoms with E-state index in [2.05, 4.69) is 19.9 Å². The largest absolute Gasteiger partial charge is 0.480 e. The van der Waals surface area contributed by atoms with E-state index in [0.29, 0.717) is 13.0 Å². The van der Waals surface area contributed by atoms with Crippen LogP contribution in [0.25, 0.3) is 0 Å². The summed E-state index contributed by atoms with van der Waals surface area (Å²) in [4.78, 5) is 19.3. The minimum absolute atomic E-state index is 0.439. The highest BCUT2D eigenvalue weighted by molar-refractivity contribution is 5.74. The molecule has 1 aliphatic heterocycles. The molecule has 1 atom stereocenters. The molecule has 2 aromatic rings. The van der Waals surface area contributed by atoms with E-state index in [1.807, 2.05) is 12.1 Å². The maximum Gasteiger partial charge on any atom is 0.321 e. The lowest BCUT2D eigenvalue weighted by Gasteiger charge is -2.21. The van der Waals surface area contributed by atoms with Gasteiger partial charge in [-0.2, -0.15) is 0 Å². The maximum atomic E-state index is 11.0. The average Bonchev–Trinajstić information content (AvgIpc) is 2.82. The van der Waals surface area contributed by atoms with Gasteiger partial charge in [-0.1, -0.05) is 0 Å². The van der Waals surface area contributed by atoms with Crippen LogP contribution in [-0.2, 0) is 24.3 Å². The SMILES string of the molecule is O=C(O)C1Cc2ncn(Cc3ccncc3)c2CN1. The predicted octanol–water partition coefficient (Wildman–Crippen LogP) is 0.425. The standard InChI is InChI=1S/C13H14N4O2/c18-13(19)11-5-10-12(6-15-11)17(8-16-10)7-9-1-3-14-4-2-9/h1-4,8,11,15H,5-7H2,(H,18,19). The van der Waals surface area contributed by atoms with Crippen molar-refractivity contribution in [2.75, 3.05) is 0 Å². The molecule has 1 unspecified atom stereocenters. The summed E-state index contributed by atoms with van der Waals surface area (Å²) in [5, 5.41) is 12.0. The van der Waals surface area contributed by atoms with Crippen LogP contribution in [0.15, 0.2) is 30.9 Å². The molecule has 2 aromatic heterocycles. The summed E-state index contributed by atoms with van der Waals surface area (Å²) in [6.45, 7) is 1.27. The second-order valence-electron chi connectivity index (χ2n) is 4.60. The highest BCUT2D eigenvalue weighted by Gasteiger charge is 2.26. The van der Waals surface area contributed by atoms with Gasteiger partial charge in [0.05, 0.1) is 17.7 Å². The average molecular weight is 258 g/mol. The smallest absolute Gasteiger partial charge is 0.321 e. The third-order valence-electron chi connectivity index (χ3n) is 3.35. The van der Waals surface area contributed by atoms with Gasteiger partial charge in [0.25, 0.3) is 0 Å². The molecule has 0 bridgehead atoms. The Morgan fingerprint density at radius 3 is 3.00 bits per heavy atom. The van der Waals surface area contributed by atoms with Gasteiger partial charge in [-0.25, -0.2) is 4.98 Å². The van der Waals surface area contributed by atoms with Crippen molar-refractivity contribution in [3.63, 3.8) is 0 Å². The van der Waals surface area contributed by atoms with E-state index in [1.165, 1.54) is 0 Å². The molecule has 98 valence electrons. The van der Waals surface area contributed by atoms with Crippen molar-refractivity contribution in [1.29, 1.82) is 0 Å². The van der Waals surface area contributed by atoms with Crippen molar-refractivity contribution in [3.05, 3.63) is 47.8 Å². The molecule has 6 heteroatoms. The Morgan fingerprint density at radius 2 is 2.26 bits per heavy atom. The summed E-state index contributed by atoms with van der Waals surface area (Å²) < 4.78 is 2.05. The van der Waals surface area contributed by atoms with E-state index < -0.39 is 12.0 Å². The molecule has 0 spiro atoms. The van der Waals surface area contributed by atoms with Crippen LogP contribution < -0.4 is 5.32 Å². The summed E-state index contributed by atoms with van der Waals surface area (Å²) in [6.07, 6.45) is 5.74. The first kappa shape index (κ1) is 11.9. The van der Waals surface area contributed by atoms with Crippen molar-refractivity contribution < 1.29 is 9.90 Å². The van der Waals surface area contributed by atoms with E-state index >= 15 is 0 Å². The Morgan fingerprint density at radius 1 is 1.47 bits per heavy atom. The van der Waals surface area contributed by atoms with Gasteiger partial charge in [-0.3, -0.25) is 15.1 Å². The van der Waals surface area contributed by atoms with Crippen LogP contribution >= 0.6 is 0 Å². The molecule has 3 heterocycles. The van der Waals surface area contributed by atoms with Gasteiger partial charge >= 0.3 is 5.97 Å². The lowest BCUT2D eigenvalue weighted by Crippen LogP contribution is -2.42. The van der Waals surface area contributed by atoms with Gasteiger partial charge in [0.2, 0.25) is 0 Å². The quantitative estimate of drug-likeness (QED) is 0.834. The number of rotatable bonds is 3. The van der Waals surface area contributed by atoms with Crippen LogP contribution in [0.3, 0.4) is 0 Å². The molecule has 0 fully saturated rings. The number of pyridine rings is 1. The lowest BCUT2D eigenvalue weighted by atomic mass is 10.1. The summed E-state index contributed by atoms with van der Waals surface area (Å²) >= 11 is 0. The van der Waals surface area contributed by atoms with Gasteiger partial charge in [-0.15, -0.1) is 0 Å². The lowest BCUT2D eigenvalue weighted by molar-refractivity contribution is -0.139. The maximum absolute atomic E-state index is 11.0. The van der Waals surface area contributed by atoms with Crippen LogP contribution in [0.1, 0.15) is 17.0 Å². The van der Waals surface area contributed by atoms with Crippen molar-refractivity contribution in [2.24, 2.45) is 0 Å². The zero-order valence-corrected chi connectivity index (χ0v) is 10.3. The van der Waals surface area contributed by atoms with E-state index in [4.69, 9.17) is 5.11 Å². The fourth-order valence-electron chi connectivity index (χ4n) is 2.30. The number of hydrogen-bond donors (Lipinski definition) is 2. The number of imidazole rings is 1. The molecule has 6 nitrogen and oxygen atoms in total. The highest BCUT2D eigenvalue weighted by Crippen LogP contribution is 2.17. The van der Waals surface area contributed by atoms with Crippen LogP contribution in [-0.4, -0.2) is 31.7 Å². The van der Waals surface area contributed by atoms with Crippen molar-refractivity contribution in [2.45, 2.75) is 25.6 Å². The van der Waals surface area contributed by atoms with E-state index in [9.17, 15) is 4.79 Å². The van der Waals surface area contributed by atoms with Crippen LogP contribution in [0.4, 0.5) is 0 Å². The number of hydrogen-bond acceptors (Lipinski definition) is 4. The number of carboxylic acid groups (broad SMARTS) is 1. The number of nitrogens with zero attached hydrogens (tertiary/aromatic N) is 3. The normalized spacial score (nSPS) is 18.0. The fraction of sp³-hybridized carbons (Fsp3) is 0.308. The van der Waals surface area contributed by atoms with E-state index in [-0.39, 0.29) is 0 Å². The minimum Gasteiger partial charge on any atom is -0.480 e. The van der Waals surface area contributed by atoms with Gasteiger partial charge in [0.15, 0.2) is 0 Å². The van der Waals surface area contributed by atoms with E-state index in [0.717, 1.165) is 23.5 Å². The van der Waals surface area contributed by atoms with Crippen LogP contribution in [0.5, 0.6) is 0 Å². The Balaban J connectivity index is 1.81. The fourth-order valence-corrected chi connectivity index (χ4v) is 2.30. The zero-order valence-electron chi connectivity index (χ0n) is 10.3. The Labute approximate surface area is 110 Å². The topological polar surface area (TPSA) is 80.0 Å². The summed E-state index contributed by atoms with van der Waals surface area (Å²) in [5.41, 5.74) is 3.09. The number of aliphatic carboxylic acids is 1. The molecule has 0 saturated heterocycles. The Hall–Kier alpha value is -2.21. The second-order valence-corrected chi connectivity index (χ2v) is 4.60. The van der Waals surface area contributed by atoms with Crippen LogP contribution in [0, 0.1) is 0 Å². The van der Waals surface area contributed by atoms with Crippen LogP contribution in [0.2, 0.25) is 0 Å². The number of aromatic nitrogens is 3. The number of carbonyl (C=O) groups is 1. The van der Waals surface area contributed by atoms with Crippen molar-refractivity contribution in [3.8, 4) is 0 Å². The van der Waals surface area contributed by atoms with Gasteiger partial charge in [0.1, 0.15) is 6.04 Å². The van der Waals surface area contributed by atoms with Crippen molar-refractivity contribution >= 4 is 5.97 Å². The van der Waals surface area contributed by atoms with E-state index in [1.54, 1.807) is 18.7 Å². The molecule has 0 aliphatic carbocycles. The molecular formula is C13H14N4O2. The molecular weight excluding hydrogens is 244 g/mol. The molecule has 0 radical (unpaired) electrons. The van der Waals surface area contributed by atoms with Crippen molar-refractivity contribution in [1.82, 2.24) is 19.9 Å². The Bertz CT molecular complexity index is 594. The number of nitrogens with one attached hydrogen (secondary N) is 1. The summed E-state index contributed by atoms with van der Waals surface area (Å²) in [7, 11) is 0. The molecule has 2 N–H and O–H groups in total. The first-order valence-corrected chi connectivity index (χ1v) is 6.12. The first-order chi connectivity index (χ1) is 9.24. The third-order valence-corrected chi connectivity index (χ3v) is 3.35. The van der Waals surface area contributed by atoms with Gasteiger partial charge in [0, 0.05) is 31.9 Å². The van der Waals surface area contributed by atoms with Gasteiger partial charge in [-0.05, 0) is 17.7 Å².